The van der Waals surface area contributed by atoms with Crippen LogP contribution in [0, 0.1) is 5.41 Å². The van der Waals surface area contributed by atoms with E-state index in [1.807, 2.05) is 129 Å². The second-order valence-electron chi connectivity index (χ2n) is 38.5. The third kappa shape index (κ3) is 29.6. The number of anilines is 8. The van der Waals surface area contributed by atoms with E-state index in [4.69, 9.17) is 68.0 Å². The summed E-state index contributed by atoms with van der Waals surface area (Å²) in [5.74, 6) is 11.9. The third-order valence-corrected chi connectivity index (χ3v) is 28.0. The van der Waals surface area contributed by atoms with Gasteiger partial charge in [0.1, 0.15) is 120 Å². The number of carbonyl (C=O) groups is 2. The number of nitrogens with one attached hydrogen (secondary N) is 6. The summed E-state index contributed by atoms with van der Waals surface area (Å²) in [5, 5.41) is 57.6. The van der Waals surface area contributed by atoms with Gasteiger partial charge in [-0.1, -0.05) is 106 Å². The lowest BCUT2D eigenvalue weighted by atomic mass is 9.73. The number of aromatic nitrogens is 10. The highest BCUT2D eigenvalue weighted by Gasteiger charge is 2.53. The van der Waals surface area contributed by atoms with Crippen LogP contribution in [0.15, 0.2) is 134 Å². The summed E-state index contributed by atoms with van der Waals surface area (Å²) in [6.07, 6.45) is 25.7. The van der Waals surface area contributed by atoms with Gasteiger partial charge in [0.15, 0.2) is 29.0 Å². The number of aliphatic hydroxyl groups is 4. The van der Waals surface area contributed by atoms with Gasteiger partial charge in [0.2, 0.25) is 11.9 Å². The molecule has 0 radical (unpaired) electrons. The first-order valence-corrected chi connectivity index (χ1v) is 50.5. The molecule has 2 spiro atoms. The molecule has 4 atom stereocenters. The Bertz CT molecular complexity index is 5400. The van der Waals surface area contributed by atoms with Crippen molar-refractivity contribution in [1.82, 2.24) is 81.3 Å². The molecule has 141 heavy (non-hydrogen) atoms. The van der Waals surface area contributed by atoms with Crippen molar-refractivity contribution in [3.05, 3.63) is 139 Å². The van der Waals surface area contributed by atoms with Crippen molar-refractivity contribution in [2.75, 3.05) is 217 Å². The predicted molar refractivity (Wildman–Crippen MR) is 551 cm³/mol. The summed E-state index contributed by atoms with van der Waals surface area (Å²) < 4.78 is 39.5. The molecule has 17 rings (SSSR count). The smallest absolute Gasteiger partial charge is 0.269 e. The summed E-state index contributed by atoms with van der Waals surface area (Å²) in [4.78, 5) is 88.1. The number of hydrogen-bond donors (Lipinski definition) is 10. The Balaban J connectivity index is 0.000000150. The molecule has 10 N–H and O–H groups in total. The summed E-state index contributed by atoms with van der Waals surface area (Å²) in [6.45, 7) is 11.8. The Morgan fingerprint density at radius 1 is 0.433 bits per heavy atom. The quantitative estimate of drug-likeness (QED) is 0.0172. The lowest BCUT2D eigenvalue weighted by molar-refractivity contribution is -0.129. The fraction of sp³-hybridized carbons (Fsp3) is 0.562. The molecule has 8 aliphatic rings. The summed E-state index contributed by atoms with van der Waals surface area (Å²) >= 11 is 0. The average Bonchev–Trinajstić information content (AvgIpc) is 1.60. The fourth-order valence-electron chi connectivity index (χ4n) is 19.5. The first-order valence-electron chi connectivity index (χ1n) is 50.5. The van der Waals surface area contributed by atoms with Crippen LogP contribution in [0.2, 0.25) is 0 Å². The molecule has 9 aromatic rings. The van der Waals surface area contributed by atoms with E-state index in [9.17, 15) is 30.0 Å². The molecule has 4 saturated carbocycles. The van der Waals surface area contributed by atoms with Crippen LogP contribution in [-0.2, 0) is 14.3 Å². The highest BCUT2D eigenvalue weighted by atomic mass is 16.5. The normalized spacial score (nSPS) is 17.8. The van der Waals surface area contributed by atoms with Gasteiger partial charge < -0.3 is 120 Å². The van der Waals surface area contributed by atoms with E-state index < -0.39 is 24.4 Å². The fourth-order valence-corrected chi connectivity index (χ4v) is 19.5. The maximum Gasteiger partial charge on any atom is 0.269 e. The molecule has 4 saturated heterocycles. The Morgan fingerprint density at radius 2 is 0.809 bits per heavy atom. The highest BCUT2D eigenvalue weighted by Crippen LogP contribution is 2.48. The van der Waals surface area contributed by atoms with Gasteiger partial charge in [-0.25, -0.2) is 49.8 Å². The monoisotopic (exact) mass is 1940 g/mol. The van der Waals surface area contributed by atoms with E-state index in [-0.39, 0.29) is 49.8 Å². The van der Waals surface area contributed by atoms with Crippen LogP contribution < -0.4 is 85.0 Å². The van der Waals surface area contributed by atoms with Gasteiger partial charge >= 0.3 is 0 Å². The minimum Gasteiger partial charge on any atom is -0.494 e. The molecule has 4 unspecified atom stereocenters. The van der Waals surface area contributed by atoms with Gasteiger partial charge in [-0.2, -0.15) is 0 Å². The van der Waals surface area contributed by atoms with Crippen molar-refractivity contribution in [3.63, 3.8) is 0 Å². The summed E-state index contributed by atoms with van der Waals surface area (Å²) in [6, 6.07) is 40.4. The van der Waals surface area contributed by atoms with Crippen LogP contribution in [-0.4, -0.2) is 323 Å². The van der Waals surface area contributed by atoms with Crippen molar-refractivity contribution in [2.45, 2.75) is 196 Å². The number of ether oxygens (including phenoxy) is 7. The Morgan fingerprint density at radius 3 is 1.21 bits per heavy atom. The molecule has 762 valence electrons. The first kappa shape index (κ1) is 105. The van der Waals surface area contributed by atoms with Crippen LogP contribution in [0.5, 0.6) is 28.7 Å². The minimum atomic E-state index is -0.610. The van der Waals surface area contributed by atoms with Gasteiger partial charge in [-0.3, -0.25) is 9.59 Å². The molecule has 4 aliphatic heterocycles. The predicted octanol–water partition coefficient (Wildman–Crippen LogP) is 11.1. The molecule has 5 aromatic heterocycles. The number of aliphatic hydroxyl groups excluding tert-OH is 4. The van der Waals surface area contributed by atoms with Gasteiger partial charge in [-0.05, 0) is 154 Å². The number of carbonyl (C=O) groups excluding carboxylic acids is 2. The van der Waals surface area contributed by atoms with Crippen molar-refractivity contribution < 1.29 is 63.2 Å². The first-order chi connectivity index (χ1) is 68.5. The maximum absolute atomic E-state index is 12.4. The molecule has 4 aliphatic carbocycles. The van der Waals surface area contributed by atoms with Crippen LogP contribution in [0.3, 0.4) is 0 Å². The lowest BCUT2D eigenvalue weighted by Gasteiger charge is -2.52. The number of hydrogen-bond acceptors (Lipinski definition) is 34. The zero-order chi connectivity index (χ0) is 99.2. The van der Waals surface area contributed by atoms with Crippen molar-refractivity contribution in [1.29, 1.82) is 0 Å². The molecular formula is C105H149N23O13. The van der Waals surface area contributed by atoms with Crippen LogP contribution in [0.1, 0.15) is 152 Å². The molecule has 9 heterocycles. The number of piperazine rings is 1. The van der Waals surface area contributed by atoms with Crippen LogP contribution in [0.25, 0.3) is 45.6 Å². The van der Waals surface area contributed by atoms with E-state index in [1.54, 1.807) is 53.6 Å². The number of methoxy groups -OCH3 is 1. The van der Waals surface area contributed by atoms with Crippen LogP contribution in [0.4, 0.5) is 46.7 Å². The number of amides is 2. The van der Waals surface area contributed by atoms with Crippen LogP contribution >= 0.6 is 0 Å². The Kier molecular flexibility index (Phi) is 38.7. The topological polar surface area (TPSA) is 403 Å². The van der Waals surface area contributed by atoms with E-state index in [0.29, 0.717) is 139 Å². The Labute approximate surface area is 830 Å². The van der Waals surface area contributed by atoms with E-state index >= 15 is 0 Å². The molecular weight excluding hydrogens is 1790 g/mol. The third-order valence-electron chi connectivity index (χ3n) is 28.0. The van der Waals surface area contributed by atoms with Crippen molar-refractivity contribution >= 4 is 58.5 Å². The minimum absolute atomic E-state index is 0.0232. The second-order valence-corrected chi connectivity index (χ2v) is 38.5. The highest BCUT2D eigenvalue weighted by molar-refractivity contribution is 5.93. The van der Waals surface area contributed by atoms with Gasteiger partial charge in [0, 0.05) is 204 Å². The molecule has 36 heteroatoms. The molecule has 8 fully saturated rings. The molecule has 4 aromatic carbocycles. The standard InChI is InChI=1S/C29H42N6O3.C28H41N5O3.C26H35N7O3.C22H31N5O4/c1-21(36)34-14-15-35(29(20-34)12-13-29)27-17-26(33(3)23-9-5-4-6-10-23)31-28(32-27)22-8-7-11-25(16-22)38-19-24(37)18-30-2;1-29-17-23(34)18-36-24-10-6-7-21(15-24)27-30-25(32(2)22-8-4-3-5-9-22)16-26(31-27)33-19-28(20-33)11-13-35-14-12-28;1-27-14-20(34)17-36-21-11-7-8-18(12-21)25-30-23(31-26-28-15-22(35-3)16-29-26)13-24(32-25)33(2)19-9-5-4-6-10-19;1-23-13-17(28)14-31-18-6-4-5-15(11-18)21-25-19(22(29)24-2)12-20(26-21)27(3)16-7-9-30-10-8-16/h7-8,11,16-17,23-24,30,37H,4-6,9-10,12-15,18-20H2,1-3H3;6-7,10,15-16,22-23,29,34H,3-5,8-9,11-14,17-20H2,1-2H3;7-8,11-13,15-16,19-20,27,34H,4-6,9-10,14,17H2,1-3H3,(H,28,29,30,31,32);4-6,11-12,16-17,23,28H,7-10,13-14H2,1-3H3,(H,24,29). The van der Waals surface area contributed by atoms with Crippen molar-refractivity contribution in [2.24, 2.45) is 5.41 Å². The number of nitrogens with zero attached hydrogens (tertiary/aromatic N) is 17. The maximum atomic E-state index is 12.4. The van der Waals surface area contributed by atoms with Gasteiger partial charge in [-0.15, -0.1) is 0 Å². The van der Waals surface area contributed by atoms with Gasteiger partial charge in [0.05, 0.1) is 25.0 Å². The number of rotatable bonds is 38. The zero-order valence-corrected chi connectivity index (χ0v) is 84.3. The van der Waals surface area contributed by atoms with E-state index in [0.717, 1.165) is 148 Å². The van der Waals surface area contributed by atoms with Gasteiger partial charge in [0.25, 0.3) is 5.91 Å². The Hall–Kier alpha value is -11.6. The zero-order valence-electron chi connectivity index (χ0n) is 84.3. The second kappa shape index (κ2) is 51.9. The lowest BCUT2D eigenvalue weighted by Crippen LogP contribution is -2.58. The summed E-state index contributed by atoms with van der Waals surface area (Å²) in [7, 11) is 18.8. The number of benzene rings is 4. The summed E-state index contributed by atoms with van der Waals surface area (Å²) in [5.41, 5.74) is 4.01. The van der Waals surface area contributed by atoms with E-state index in [2.05, 4.69) is 110 Å². The molecule has 2 amide bonds. The molecule has 36 nitrogen and oxygen atoms in total. The SMILES string of the molecule is CNCC(O)COc1cccc(-c2nc(C(=O)NC)cc(N(C)C3CCOCC3)n2)c1.CNCC(O)COc1cccc(-c2nc(N(C)C3CCCCC3)cc(N3CCN(C(C)=O)CC34CC4)n2)c1.CNCC(O)COc1cccc(-c2nc(N3CC4(CCOCC4)C3)cc(N(C)C3CCCCC3)n2)c1.CNCC(O)COc1cccc(-c2nc(Nc3ncc(OC)cn3)cc(N(C)C3CCCCC3)n2)c1. The van der Waals surface area contributed by atoms with Crippen molar-refractivity contribution in [3.8, 4) is 74.3 Å². The number of likely N-dealkylation sites (N-methyl/N-ethyl adjacent to an activating group) is 4. The largest absolute Gasteiger partial charge is 0.494 e. The molecule has 0 bridgehead atoms. The van der Waals surface area contributed by atoms with E-state index in [1.165, 1.54) is 83.5 Å². The average molecular weight is 1940 g/mol.